The molecule has 3 rings (SSSR count). The minimum Gasteiger partial charge on any atom is -0.497 e. The fourth-order valence-electron chi connectivity index (χ4n) is 2.36. The summed E-state index contributed by atoms with van der Waals surface area (Å²) in [7, 11) is 1.62. The molecule has 0 fully saturated rings. The van der Waals surface area contributed by atoms with Crippen LogP contribution < -0.4 is 15.4 Å². The molecule has 25 heavy (non-hydrogen) atoms. The second-order valence-electron chi connectivity index (χ2n) is 5.38. The summed E-state index contributed by atoms with van der Waals surface area (Å²) >= 11 is 0. The first-order chi connectivity index (χ1) is 12.2. The second-order valence-corrected chi connectivity index (χ2v) is 5.38. The largest absolute Gasteiger partial charge is 0.497 e. The summed E-state index contributed by atoms with van der Waals surface area (Å²) in [6.45, 7) is 2.25. The van der Waals surface area contributed by atoms with Gasteiger partial charge >= 0.3 is 6.03 Å². The van der Waals surface area contributed by atoms with Crippen LogP contribution in [0.25, 0.3) is 5.69 Å². The predicted octanol–water partition coefficient (Wildman–Crippen LogP) is 2.91. The lowest BCUT2D eigenvalue weighted by Gasteiger charge is -2.08. The SMILES string of the molecule is COc1ccc(-n2ncc(NC(=O)NCc3ccccn3)c2C)cc1. The Morgan fingerprint density at radius 3 is 2.68 bits per heavy atom. The number of benzene rings is 1. The van der Waals surface area contributed by atoms with E-state index >= 15 is 0 Å². The Bertz CT molecular complexity index is 844. The van der Waals surface area contributed by atoms with Crippen molar-refractivity contribution in [3.05, 3.63) is 66.2 Å². The van der Waals surface area contributed by atoms with Gasteiger partial charge in [-0.05, 0) is 43.3 Å². The number of nitrogens with zero attached hydrogens (tertiary/aromatic N) is 3. The lowest BCUT2D eigenvalue weighted by Crippen LogP contribution is -2.28. The minimum absolute atomic E-state index is 0.303. The standard InChI is InChI=1S/C18H19N5O2/c1-13-17(22-18(24)20-11-14-5-3-4-10-19-14)12-21-23(13)15-6-8-16(25-2)9-7-15/h3-10,12H,11H2,1-2H3,(H2,20,22,24). The quantitative estimate of drug-likeness (QED) is 0.750. The highest BCUT2D eigenvalue weighted by molar-refractivity contribution is 5.89. The Kier molecular flexibility index (Phi) is 4.94. The van der Waals surface area contributed by atoms with Crippen LogP contribution in [0.3, 0.4) is 0 Å². The van der Waals surface area contributed by atoms with Crippen molar-refractivity contribution >= 4 is 11.7 Å². The summed E-state index contributed by atoms with van der Waals surface area (Å²) in [5, 5.41) is 9.91. The van der Waals surface area contributed by atoms with Gasteiger partial charge in [-0.1, -0.05) is 6.07 Å². The predicted molar refractivity (Wildman–Crippen MR) is 94.9 cm³/mol. The molecule has 0 spiro atoms. The van der Waals surface area contributed by atoms with Gasteiger partial charge in [0.25, 0.3) is 0 Å². The van der Waals surface area contributed by atoms with Gasteiger partial charge in [0, 0.05) is 6.20 Å². The second kappa shape index (κ2) is 7.48. The zero-order valence-corrected chi connectivity index (χ0v) is 14.1. The van der Waals surface area contributed by atoms with E-state index in [-0.39, 0.29) is 6.03 Å². The summed E-state index contributed by atoms with van der Waals surface area (Å²) in [6.07, 6.45) is 3.32. The lowest BCUT2D eigenvalue weighted by atomic mass is 10.3. The fraction of sp³-hybridized carbons (Fsp3) is 0.167. The van der Waals surface area contributed by atoms with Crippen molar-refractivity contribution in [3.8, 4) is 11.4 Å². The van der Waals surface area contributed by atoms with Gasteiger partial charge in [-0.25, -0.2) is 9.48 Å². The van der Waals surface area contributed by atoms with Crippen LogP contribution >= 0.6 is 0 Å². The average Bonchev–Trinajstić information content (AvgIpc) is 3.01. The van der Waals surface area contributed by atoms with Gasteiger partial charge in [0.2, 0.25) is 0 Å². The lowest BCUT2D eigenvalue weighted by molar-refractivity contribution is 0.251. The van der Waals surface area contributed by atoms with Crippen molar-refractivity contribution < 1.29 is 9.53 Å². The molecule has 0 atom stereocenters. The normalized spacial score (nSPS) is 10.3. The number of amides is 2. The third-order valence-electron chi connectivity index (χ3n) is 3.73. The van der Waals surface area contributed by atoms with Crippen molar-refractivity contribution in [2.45, 2.75) is 13.5 Å². The first kappa shape index (κ1) is 16.5. The summed E-state index contributed by atoms with van der Waals surface area (Å²) < 4.78 is 6.91. The molecule has 128 valence electrons. The Hall–Kier alpha value is -3.35. The minimum atomic E-state index is -0.303. The van der Waals surface area contributed by atoms with Crippen LogP contribution in [0.2, 0.25) is 0 Å². The molecule has 0 aliphatic rings. The molecule has 0 saturated heterocycles. The molecule has 7 heteroatoms. The fourth-order valence-corrected chi connectivity index (χ4v) is 2.36. The summed E-state index contributed by atoms with van der Waals surface area (Å²) in [4.78, 5) is 16.2. The number of urea groups is 1. The van der Waals surface area contributed by atoms with E-state index in [1.54, 1.807) is 24.2 Å². The van der Waals surface area contributed by atoms with Gasteiger partial charge < -0.3 is 15.4 Å². The monoisotopic (exact) mass is 337 g/mol. The summed E-state index contributed by atoms with van der Waals surface area (Å²) in [6, 6.07) is 12.8. The molecule has 7 nitrogen and oxygen atoms in total. The molecular formula is C18H19N5O2. The number of carbonyl (C=O) groups is 1. The van der Waals surface area contributed by atoms with Gasteiger partial charge in [-0.2, -0.15) is 5.10 Å². The number of hydrogen-bond acceptors (Lipinski definition) is 4. The molecule has 0 saturated carbocycles. The van der Waals surface area contributed by atoms with E-state index in [9.17, 15) is 4.79 Å². The molecular weight excluding hydrogens is 318 g/mol. The van der Waals surface area contributed by atoms with Crippen LogP contribution in [0, 0.1) is 6.92 Å². The number of aromatic nitrogens is 3. The van der Waals surface area contributed by atoms with E-state index in [1.807, 2.05) is 49.4 Å². The molecule has 0 radical (unpaired) electrons. The van der Waals surface area contributed by atoms with Crippen molar-refractivity contribution in [2.24, 2.45) is 0 Å². The summed E-state index contributed by atoms with van der Waals surface area (Å²) in [5.41, 5.74) is 3.16. The van der Waals surface area contributed by atoms with Crippen LogP contribution in [0.5, 0.6) is 5.75 Å². The Morgan fingerprint density at radius 1 is 1.20 bits per heavy atom. The highest BCUT2D eigenvalue weighted by Crippen LogP contribution is 2.20. The number of carbonyl (C=O) groups excluding carboxylic acids is 1. The number of anilines is 1. The van der Waals surface area contributed by atoms with Crippen LogP contribution in [-0.2, 0) is 6.54 Å². The van der Waals surface area contributed by atoms with E-state index in [0.29, 0.717) is 12.2 Å². The number of methoxy groups -OCH3 is 1. The maximum Gasteiger partial charge on any atom is 0.319 e. The van der Waals surface area contributed by atoms with Gasteiger partial charge in [0.05, 0.1) is 42.6 Å². The molecule has 3 aromatic rings. The number of pyridine rings is 1. The maximum atomic E-state index is 12.1. The molecule has 2 heterocycles. The zero-order valence-electron chi connectivity index (χ0n) is 14.1. The Morgan fingerprint density at radius 2 is 2.00 bits per heavy atom. The van der Waals surface area contributed by atoms with Gasteiger partial charge in [0.1, 0.15) is 5.75 Å². The third-order valence-corrected chi connectivity index (χ3v) is 3.73. The van der Waals surface area contributed by atoms with Gasteiger partial charge in [-0.15, -0.1) is 0 Å². The number of hydrogen-bond donors (Lipinski definition) is 2. The molecule has 0 unspecified atom stereocenters. The van der Waals surface area contributed by atoms with E-state index in [1.165, 1.54) is 0 Å². The number of ether oxygens (including phenoxy) is 1. The molecule has 0 aliphatic carbocycles. The third kappa shape index (κ3) is 3.95. The average molecular weight is 337 g/mol. The van der Waals surface area contributed by atoms with Crippen LogP contribution in [0.4, 0.5) is 10.5 Å². The van der Waals surface area contributed by atoms with E-state index in [4.69, 9.17) is 4.74 Å². The van der Waals surface area contributed by atoms with E-state index in [2.05, 4.69) is 20.7 Å². The highest BCUT2D eigenvalue weighted by Gasteiger charge is 2.11. The van der Waals surface area contributed by atoms with Gasteiger partial charge in [-0.3, -0.25) is 4.98 Å². The van der Waals surface area contributed by atoms with Crippen LogP contribution in [0.15, 0.2) is 54.9 Å². The molecule has 2 aromatic heterocycles. The van der Waals surface area contributed by atoms with Crippen LogP contribution in [-0.4, -0.2) is 27.9 Å². The van der Waals surface area contributed by atoms with Gasteiger partial charge in [0.15, 0.2) is 0 Å². The molecule has 2 N–H and O–H groups in total. The first-order valence-corrected chi connectivity index (χ1v) is 7.81. The van der Waals surface area contributed by atoms with E-state index in [0.717, 1.165) is 22.8 Å². The molecule has 1 aromatic carbocycles. The maximum absolute atomic E-state index is 12.1. The zero-order chi connectivity index (χ0) is 17.6. The highest BCUT2D eigenvalue weighted by atomic mass is 16.5. The smallest absolute Gasteiger partial charge is 0.319 e. The molecule has 0 bridgehead atoms. The summed E-state index contributed by atoms with van der Waals surface area (Å²) in [5.74, 6) is 0.779. The number of rotatable bonds is 5. The van der Waals surface area contributed by atoms with E-state index < -0.39 is 0 Å². The first-order valence-electron chi connectivity index (χ1n) is 7.81. The molecule has 0 aliphatic heterocycles. The van der Waals surface area contributed by atoms with Crippen molar-refractivity contribution in [2.75, 3.05) is 12.4 Å². The Balaban J connectivity index is 1.65. The van der Waals surface area contributed by atoms with Crippen molar-refractivity contribution in [1.82, 2.24) is 20.1 Å². The van der Waals surface area contributed by atoms with Crippen molar-refractivity contribution in [1.29, 1.82) is 0 Å². The number of nitrogens with one attached hydrogen (secondary N) is 2. The molecule has 2 amide bonds. The van der Waals surface area contributed by atoms with Crippen LogP contribution in [0.1, 0.15) is 11.4 Å². The van der Waals surface area contributed by atoms with Crippen molar-refractivity contribution in [3.63, 3.8) is 0 Å². The Labute approximate surface area is 145 Å². The topological polar surface area (TPSA) is 81.1 Å².